The number of alkyl halides is 3. The predicted octanol–water partition coefficient (Wildman–Crippen LogP) is 3.86. The van der Waals surface area contributed by atoms with Crippen LogP contribution in [0.3, 0.4) is 0 Å². The first-order valence-corrected chi connectivity index (χ1v) is 8.52. The maximum atomic E-state index is 13.0. The normalized spacial score (nSPS) is 16.8. The van der Waals surface area contributed by atoms with E-state index in [1.807, 2.05) is 0 Å². The number of H-pyrrole nitrogens is 1. The summed E-state index contributed by atoms with van der Waals surface area (Å²) in [4.78, 5) is 27.9. The molecule has 3 rings (SSSR count). The van der Waals surface area contributed by atoms with Gasteiger partial charge in [-0.3, -0.25) is 14.2 Å². The third-order valence-corrected chi connectivity index (χ3v) is 4.50. The minimum Gasteiger partial charge on any atom is -0.406 e. The molecule has 2 aromatic rings. The largest absolute Gasteiger partial charge is 0.573 e. The molecule has 0 spiro atoms. The van der Waals surface area contributed by atoms with E-state index in [9.17, 15) is 22.8 Å². The number of hydrogen-bond acceptors (Lipinski definition) is 4. The van der Waals surface area contributed by atoms with Crippen LogP contribution in [0.4, 0.5) is 19.0 Å². The Morgan fingerprint density at radius 2 is 1.85 bits per heavy atom. The van der Waals surface area contributed by atoms with E-state index in [1.54, 1.807) is 13.8 Å². The summed E-state index contributed by atoms with van der Waals surface area (Å²) in [6, 6.07) is 4.93. The minimum atomic E-state index is -4.79. The number of halogens is 3. The van der Waals surface area contributed by atoms with Crippen LogP contribution in [0.5, 0.6) is 5.75 Å². The number of carbonyl (C=O) groups excluding carboxylic acids is 1. The summed E-state index contributed by atoms with van der Waals surface area (Å²) in [7, 11) is 0. The summed E-state index contributed by atoms with van der Waals surface area (Å²) >= 11 is 5.20. The number of ether oxygens (including phenoxy) is 1. The molecule has 0 radical (unpaired) electrons. The highest BCUT2D eigenvalue weighted by Gasteiger charge is 2.33. The Labute approximate surface area is 157 Å². The van der Waals surface area contributed by atoms with Crippen molar-refractivity contribution in [1.29, 1.82) is 0 Å². The molecule has 1 amide bonds. The van der Waals surface area contributed by atoms with Crippen LogP contribution in [-0.2, 0) is 4.79 Å². The van der Waals surface area contributed by atoms with Crippen LogP contribution in [-0.4, -0.2) is 21.8 Å². The third-order valence-electron chi connectivity index (χ3n) is 4.20. The Hall–Kier alpha value is -2.62. The summed E-state index contributed by atoms with van der Waals surface area (Å²) < 4.78 is 42.4. The van der Waals surface area contributed by atoms with Crippen molar-refractivity contribution in [2.75, 3.05) is 5.32 Å². The number of aromatic nitrogens is 2. The van der Waals surface area contributed by atoms with Gasteiger partial charge in [0.15, 0.2) is 4.77 Å². The second kappa shape index (κ2) is 6.84. The summed E-state index contributed by atoms with van der Waals surface area (Å²) in [6.45, 7) is 3.61. The highest BCUT2D eigenvalue weighted by atomic mass is 32.1. The number of amides is 1. The van der Waals surface area contributed by atoms with Crippen molar-refractivity contribution in [3.63, 3.8) is 0 Å². The van der Waals surface area contributed by atoms with Gasteiger partial charge < -0.3 is 15.0 Å². The van der Waals surface area contributed by atoms with Gasteiger partial charge in [0.25, 0.3) is 5.56 Å². The number of fused-ring (bicyclic) bond motifs is 1. The maximum absolute atomic E-state index is 13.0. The van der Waals surface area contributed by atoms with E-state index in [1.165, 1.54) is 16.7 Å². The van der Waals surface area contributed by atoms with Crippen LogP contribution < -0.4 is 15.6 Å². The van der Waals surface area contributed by atoms with E-state index in [2.05, 4.69) is 15.0 Å². The number of carbonyl (C=O) groups is 1. The molecule has 1 unspecified atom stereocenters. The molecule has 1 atom stereocenters. The first-order valence-electron chi connectivity index (χ1n) is 8.11. The molecule has 10 heteroatoms. The highest BCUT2D eigenvalue weighted by Crippen LogP contribution is 2.35. The number of rotatable bonds is 3. The monoisotopic (exact) mass is 399 g/mol. The van der Waals surface area contributed by atoms with Gasteiger partial charge in [-0.2, -0.15) is 0 Å². The fraction of sp³-hybridized carbons (Fsp3) is 0.353. The van der Waals surface area contributed by atoms with E-state index in [-0.39, 0.29) is 40.3 Å². The zero-order valence-corrected chi connectivity index (χ0v) is 15.2. The predicted molar refractivity (Wildman–Crippen MR) is 94.5 cm³/mol. The second-order valence-corrected chi connectivity index (χ2v) is 6.80. The molecule has 6 nitrogen and oxygen atoms in total. The Morgan fingerprint density at radius 1 is 1.22 bits per heavy atom. The van der Waals surface area contributed by atoms with E-state index >= 15 is 0 Å². The molecule has 1 aliphatic heterocycles. The molecule has 0 bridgehead atoms. The quantitative estimate of drug-likeness (QED) is 0.769. The molecule has 0 fully saturated rings. The lowest BCUT2D eigenvalue weighted by atomic mass is 9.86. The molecule has 0 saturated carbocycles. The van der Waals surface area contributed by atoms with Gasteiger partial charge in [-0.05, 0) is 43.8 Å². The van der Waals surface area contributed by atoms with Crippen molar-refractivity contribution in [2.24, 2.45) is 0 Å². The smallest absolute Gasteiger partial charge is 0.406 e. The summed E-state index contributed by atoms with van der Waals surface area (Å²) in [5.74, 6) is -1.09. The summed E-state index contributed by atoms with van der Waals surface area (Å²) in [5, 5.41) is 2.60. The van der Waals surface area contributed by atoms with E-state index < -0.39 is 12.3 Å². The van der Waals surface area contributed by atoms with Crippen LogP contribution in [0.1, 0.15) is 43.4 Å². The Bertz CT molecular complexity index is 994. The van der Waals surface area contributed by atoms with E-state index in [0.717, 1.165) is 12.1 Å². The fourth-order valence-electron chi connectivity index (χ4n) is 3.12. The van der Waals surface area contributed by atoms with E-state index in [4.69, 9.17) is 12.2 Å². The maximum Gasteiger partial charge on any atom is 0.573 e. The van der Waals surface area contributed by atoms with Crippen molar-refractivity contribution in [2.45, 2.75) is 38.6 Å². The Morgan fingerprint density at radius 3 is 2.41 bits per heavy atom. The average molecular weight is 399 g/mol. The number of anilines is 1. The van der Waals surface area contributed by atoms with E-state index in [0.29, 0.717) is 11.1 Å². The topological polar surface area (TPSA) is 76.1 Å². The molecule has 2 heterocycles. The van der Waals surface area contributed by atoms with Crippen molar-refractivity contribution in [3.05, 3.63) is 50.5 Å². The molecule has 1 aromatic heterocycles. The number of benzene rings is 1. The molecular weight excluding hydrogens is 383 g/mol. The highest BCUT2D eigenvalue weighted by molar-refractivity contribution is 7.71. The zero-order valence-electron chi connectivity index (χ0n) is 14.4. The average Bonchev–Trinajstić information content (AvgIpc) is 2.52. The SMILES string of the molecule is CC(C)n1c(=S)[nH]c2c(c1=O)C(c1ccc(OC(F)(F)F)cc1)CC(=O)N2. The van der Waals surface area contributed by atoms with Crippen LogP contribution in [0.15, 0.2) is 29.1 Å². The van der Waals surface area contributed by atoms with Crippen LogP contribution in [0.2, 0.25) is 0 Å². The lowest BCUT2D eigenvalue weighted by molar-refractivity contribution is -0.274. The van der Waals surface area contributed by atoms with Gasteiger partial charge in [0.2, 0.25) is 5.91 Å². The molecule has 0 aliphatic carbocycles. The molecule has 1 aromatic carbocycles. The zero-order chi connectivity index (χ0) is 19.9. The fourth-order valence-corrected chi connectivity index (χ4v) is 3.51. The molecular formula is C17H16F3N3O3S. The van der Waals surface area contributed by atoms with Crippen molar-refractivity contribution in [3.8, 4) is 5.75 Å². The first-order chi connectivity index (χ1) is 12.6. The number of hydrogen-bond donors (Lipinski definition) is 2. The molecule has 1 aliphatic rings. The van der Waals surface area contributed by atoms with Crippen LogP contribution >= 0.6 is 12.2 Å². The summed E-state index contributed by atoms with van der Waals surface area (Å²) in [5.41, 5.74) is 0.504. The molecule has 144 valence electrons. The number of nitrogens with one attached hydrogen (secondary N) is 2. The van der Waals surface area contributed by atoms with Gasteiger partial charge in [0.05, 0.1) is 5.56 Å². The van der Waals surface area contributed by atoms with Crippen LogP contribution in [0, 0.1) is 4.77 Å². The lowest BCUT2D eigenvalue weighted by Gasteiger charge is -2.26. The number of aromatic amines is 1. The lowest BCUT2D eigenvalue weighted by Crippen LogP contribution is -2.35. The van der Waals surface area contributed by atoms with Crippen molar-refractivity contribution in [1.82, 2.24) is 9.55 Å². The third kappa shape index (κ3) is 3.90. The van der Waals surface area contributed by atoms with Gasteiger partial charge in [0.1, 0.15) is 11.6 Å². The molecule has 27 heavy (non-hydrogen) atoms. The first kappa shape index (κ1) is 19.2. The standard InChI is InChI=1S/C17H16F3N3O3S/c1-8(2)23-15(25)13-11(7-12(24)21-14(13)22-16(23)27)9-3-5-10(6-4-9)26-17(18,19)20/h3-6,8,11H,7H2,1-2H3,(H,21,24)(H,22,27). The van der Waals surface area contributed by atoms with Crippen LogP contribution in [0.25, 0.3) is 0 Å². The second-order valence-electron chi connectivity index (χ2n) is 6.41. The van der Waals surface area contributed by atoms with Gasteiger partial charge in [-0.25, -0.2) is 0 Å². The van der Waals surface area contributed by atoms with Gasteiger partial charge in [-0.15, -0.1) is 13.2 Å². The number of nitrogens with zero attached hydrogens (tertiary/aromatic N) is 1. The van der Waals surface area contributed by atoms with Gasteiger partial charge >= 0.3 is 6.36 Å². The minimum absolute atomic E-state index is 0.00950. The molecule has 0 saturated heterocycles. The van der Waals surface area contributed by atoms with Gasteiger partial charge in [-0.1, -0.05) is 12.1 Å². The Balaban J connectivity index is 2.09. The van der Waals surface area contributed by atoms with Crippen molar-refractivity contribution < 1.29 is 22.7 Å². The summed E-state index contributed by atoms with van der Waals surface area (Å²) in [6.07, 6.45) is -4.80. The Kier molecular flexibility index (Phi) is 4.85. The molecule has 2 N–H and O–H groups in total. The van der Waals surface area contributed by atoms with Crippen molar-refractivity contribution >= 4 is 23.9 Å². The van der Waals surface area contributed by atoms with Gasteiger partial charge in [0, 0.05) is 18.4 Å².